The molecule has 0 saturated heterocycles. The molecule has 3 rings (SSSR count). The lowest BCUT2D eigenvalue weighted by Gasteiger charge is -2.11. The number of ketones is 1. The van der Waals surface area contributed by atoms with Crippen molar-refractivity contribution >= 4 is 29.0 Å². The van der Waals surface area contributed by atoms with Crippen LogP contribution in [-0.4, -0.2) is 31.8 Å². The third-order valence-electron chi connectivity index (χ3n) is 4.82. The van der Waals surface area contributed by atoms with Crippen LogP contribution in [0.3, 0.4) is 0 Å². The van der Waals surface area contributed by atoms with Crippen molar-refractivity contribution in [1.82, 2.24) is 0 Å². The van der Waals surface area contributed by atoms with Gasteiger partial charge < -0.3 is 20.1 Å². The number of hydrogen-bond donors (Lipinski definition) is 2. The molecule has 2 N–H and O–H groups in total. The van der Waals surface area contributed by atoms with Gasteiger partial charge >= 0.3 is 0 Å². The molecule has 3 aromatic carbocycles. The van der Waals surface area contributed by atoms with Crippen molar-refractivity contribution in [2.45, 2.75) is 13.3 Å². The van der Waals surface area contributed by atoms with Crippen molar-refractivity contribution in [3.05, 3.63) is 83.4 Å². The van der Waals surface area contributed by atoms with Gasteiger partial charge in [0.25, 0.3) is 5.91 Å². The van der Waals surface area contributed by atoms with Crippen LogP contribution >= 0.6 is 0 Å². The molecule has 2 amide bonds. The number of nitrogens with one attached hydrogen (secondary N) is 2. The number of ether oxygens (including phenoxy) is 2. The summed E-state index contributed by atoms with van der Waals surface area (Å²) < 4.78 is 10.5. The highest BCUT2D eigenvalue weighted by Crippen LogP contribution is 2.24. The summed E-state index contributed by atoms with van der Waals surface area (Å²) in [5, 5.41) is 5.60. The van der Waals surface area contributed by atoms with E-state index in [9.17, 15) is 14.4 Å². The number of methoxy groups -OCH3 is 2. The minimum atomic E-state index is -0.293. The van der Waals surface area contributed by atoms with Crippen molar-refractivity contribution in [3.63, 3.8) is 0 Å². The number of benzene rings is 3. The molecule has 0 fully saturated rings. The van der Waals surface area contributed by atoms with Gasteiger partial charge in [-0.05, 0) is 61.5 Å². The summed E-state index contributed by atoms with van der Waals surface area (Å²) in [6.07, 6.45) is 0.0420. The van der Waals surface area contributed by atoms with E-state index in [2.05, 4.69) is 10.6 Å². The number of anilines is 2. The lowest BCUT2D eigenvalue weighted by atomic mass is 10.0. The average molecular weight is 432 g/mol. The van der Waals surface area contributed by atoms with Gasteiger partial charge in [0.1, 0.15) is 11.5 Å². The Balaban J connectivity index is 1.65. The first-order valence-corrected chi connectivity index (χ1v) is 9.93. The van der Waals surface area contributed by atoms with Crippen molar-refractivity contribution in [3.8, 4) is 11.5 Å². The summed E-state index contributed by atoms with van der Waals surface area (Å²) in [6.45, 7) is 1.47. The summed E-state index contributed by atoms with van der Waals surface area (Å²) in [5.41, 5.74) is 2.68. The smallest absolute Gasteiger partial charge is 0.255 e. The fourth-order valence-corrected chi connectivity index (χ4v) is 3.16. The van der Waals surface area contributed by atoms with E-state index in [-0.39, 0.29) is 24.0 Å². The lowest BCUT2D eigenvalue weighted by Crippen LogP contribution is -2.16. The Morgan fingerprint density at radius 1 is 0.781 bits per heavy atom. The predicted molar refractivity (Wildman–Crippen MR) is 123 cm³/mol. The predicted octanol–water partition coefficient (Wildman–Crippen LogP) is 4.34. The maximum atomic E-state index is 12.5. The molecule has 3 aromatic rings. The van der Waals surface area contributed by atoms with E-state index in [4.69, 9.17) is 9.47 Å². The van der Waals surface area contributed by atoms with Crippen LogP contribution in [0.25, 0.3) is 0 Å². The number of carbonyl (C=O) groups is 3. The first kappa shape index (κ1) is 22.6. The van der Waals surface area contributed by atoms with E-state index >= 15 is 0 Å². The number of hydrogen-bond acceptors (Lipinski definition) is 5. The van der Waals surface area contributed by atoms with Crippen LogP contribution in [0.5, 0.6) is 11.5 Å². The summed E-state index contributed by atoms with van der Waals surface area (Å²) in [4.78, 5) is 36.7. The molecule has 0 spiro atoms. The first-order chi connectivity index (χ1) is 15.4. The largest absolute Gasteiger partial charge is 0.496 e. The molecule has 0 aliphatic carbocycles. The van der Waals surface area contributed by atoms with Gasteiger partial charge in [-0.15, -0.1) is 0 Å². The monoisotopic (exact) mass is 432 g/mol. The van der Waals surface area contributed by atoms with Crippen LogP contribution in [0.15, 0.2) is 66.7 Å². The molecule has 0 bridgehead atoms. The molecule has 0 radical (unpaired) electrons. The van der Waals surface area contributed by atoms with Crippen molar-refractivity contribution in [2.24, 2.45) is 0 Å². The Morgan fingerprint density at radius 2 is 1.44 bits per heavy atom. The maximum absolute atomic E-state index is 12.5. The zero-order valence-corrected chi connectivity index (χ0v) is 18.1. The van der Waals surface area contributed by atoms with Crippen LogP contribution in [-0.2, 0) is 11.2 Å². The minimum absolute atomic E-state index is 0.0420. The molecule has 0 saturated carbocycles. The van der Waals surface area contributed by atoms with Gasteiger partial charge in [0, 0.05) is 22.4 Å². The number of rotatable bonds is 8. The summed E-state index contributed by atoms with van der Waals surface area (Å²) >= 11 is 0. The second-order valence-corrected chi connectivity index (χ2v) is 7.04. The SMILES string of the molecule is COc1ccc(C(C)=O)cc1CC(=O)Nc1ccc(C(=O)Nc2ccccc2OC)cc1. The number of Topliss-reactive ketones (excluding diaryl/α,β-unsaturated/α-hetero) is 1. The van der Waals surface area contributed by atoms with E-state index in [1.807, 2.05) is 6.07 Å². The van der Waals surface area contributed by atoms with E-state index in [1.165, 1.54) is 21.1 Å². The highest BCUT2D eigenvalue weighted by molar-refractivity contribution is 6.05. The number of carbonyl (C=O) groups excluding carboxylic acids is 3. The summed E-state index contributed by atoms with van der Waals surface area (Å²) in [7, 11) is 3.05. The maximum Gasteiger partial charge on any atom is 0.255 e. The van der Waals surface area contributed by atoms with E-state index < -0.39 is 0 Å². The minimum Gasteiger partial charge on any atom is -0.496 e. The first-order valence-electron chi connectivity index (χ1n) is 9.93. The van der Waals surface area contributed by atoms with E-state index in [0.717, 1.165) is 0 Å². The Kier molecular flexibility index (Phi) is 7.23. The molecule has 0 aliphatic rings. The average Bonchev–Trinajstić information content (AvgIpc) is 2.79. The number of amides is 2. The van der Waals surface area contributed by atoms with Gasteiger partial charge in [-0.1, -0.05) is 12.1 Å². The fraction of sp³-hybridized carbons (Fsp3) is 0.160. The topological polar surface area (TPSA) is 93.7 Å². The second kappa shape index (κ2) is 10.3. The zero-order chi connectivity index (χ0) is 23.1. The Labute approximate surface area is 186 Å². The van der Waals surface area contributed by atoms with Crippen LogP contribution in [0.2, 0.25) is 0 Å². The quantitative estimate of drug-likeness (QED) is 0.517. The normalized spacial score (nSPS) is 10.2. The molecule has 0 unspecified atom stereocenters. The van der Waals surface area contributed by atoms with Crippen LogP contribution < -0.4 is 20.1 Å². The fourth-order valence-electron chi connectivity index (χ4n) is 3.16. The molecule has 0 aliphatic heterocycles. The van der Waals surface area contributed by atoms with Crippen LogP contribution in [0.4, 0.5) is 11.4 Å². The van der Waals surface area contributed by atoms with Gasteiger partial charge in [-0.25, -0.2) is 0 Å². The third kappa shape index (κ3) is 5.51. The van der Waals surface area contributed by atoms with Gasteiger partial charge in [-0.2, -0.15) is 0 Å². The van der Waals surface area contributed by atoms with E-state index in [1.54, 1.807) is 60.7 Å². The standard InChI is InChI=1S/C25H24N2O5/c1-16(28)18-10-13-22(31-2)19(14-18)15-24(29)26-20-11-8-17(9-12-20)25(30)27-21-6-4-5-7-23(21)32-3/h4-14H,15H2,1-3H3,(H,26,29)(H,27,30). The van der Waals surface area contributed by atoms with Crippen LogP contribution in [0, 0.1) is 0 Å². The van der Waals surface area contributed by atoms with Gasteiger partial charge in [0.05, 0.1) is 26.3 Å². The van der Waals surface area contributed by atoms with Crippen LogP contribution in [0.1, 0.15) is 33.2 Å². The molecular formula is C25H24N2O5. The zero-order valence-electron chi connectivity index (χ0n) is 18.1. The second-order valence-electron chi connectivity index (χ2n) is 7.04. The number of para-hydroxylation sites is 2. The van der Waals surface area contributed by atoms with Crippen molar-refractivity contribution in [2.75, 3.05) is 24.9 Å². The molecule has 7 heteroatoms. The molecule has 32 heavy (non-hydrogen) atoms. The molecule has 0 heterocycles. The highest BCUT2D eigenvalue weighted by atomic mass is 16.5. The van der Waals surface area contributed by atoms with Crippen molar-refractivity contribution in [1.29, 1.82) is 0 Å². The molecule has 7 nitrogen and oxygen atoms in total. The molecule has 0 aromatic heterocycles. The summed E-state index contributed by atoms with van der Waals surface area (Å²) in [5.74, 6) is 0.451. The van der Waals surface area contributed by atoms with Gasteiger partial charge in [0.2, 0.25) is 5.91 Å². The Morgan fingerprint density at radius 3 is 2.09 bits per heavy atom. The van der Waals surface area contributed by atoms with Crippen molar-refractivity contribution < 1.29 is 23.9 Å². The molecule has 0 atom stereocenters. The Bertz CT molecular complexity index is 1140. The Hall–Kier alpha value is -4.13. The summed E-state index contributed by atoms with van der Waals surface area (Å²) in [6, 6.07) is 18.7. The highest BCUT2D eigenvalue weighted by Gasteiger charge is 2.13. The third-order valence-corrected chi connectivity index (χ3v) is 4.82. The van der Waals surface area contributed by atoms with Gasteiger partial charge in [0.15, 0.2) is 5.78 Å². The lowest BCUT2D eigenvalue weighted by molar-refractivity contribution is -0.115. The van der Waals surface area contributed by atoms with Gasteiger partial charge in [-0.3, -0.25) is 14.4 Å². The molecule has 164 valence electrons. The molecular weight excluding hydrogens is 408 g/mol. The van der Waals surface area contributed by atoms with E-state index in [0.29, 0.717) is 39.6 Å².